The van der Waals surface area contributed by atoms with E-state index >= 15 is 0 Å². The molecular weight excluding hydrogens is 248 g/mol. The van der Waals surface area contributed by atoms with Gasteiger partial charge in [0.2, 0.25) is 10.0 Å². The average Bonchev–Trinajstić information content (AvgIpc) is 2.39. The fraction of sp³-hybridized carbons (Fsp3) is 0.538. The predicted octanol–water partition coefficient (Wildman–Crippen LogP) is 1.35. The Morgan fingerprint density at radius 1 is 1.44 bits per heavy atom. The molecule has 4 nitrogen and oxygen atoms in total. The number of sulfonamides is 1. The van der Waals surface area contributed by atoms with Gasteiger partial charge < -0.3 is 5.73 Å². The molecule has 100 valence electrons. The van der Waals surface area contributed by atoms with E-state index in [2.05, 4.69) is 0 Å². The summed E-state index contributed by atoms with van der Waals surface area (Å²) in [5, 5.41) is 0. The molecular formula is C13H20N2O2S. The zero-order chi connectivity index (χ0) is 13.2. The Morgan fingerprint density at radius 2 is 2.22 bits per heavy atom. The van der Waals surface area contributed by atoms with Crippen LogP contribution in [0.3, 0.4) is 0 Å². The van der Waals surface area contributed by atoms with Gasteiger partial charge in [-0.15, -0.1) is 0 Å². The van der Waals surface area contributed by atoms with E-state index in [9.17, 15) is 8.42 Å². The third-order valence-corrected chi connectivity index (χ3v) is 5.30. The van der Waals surface area contributed by atoms with Gasteiger partial charge in [0, 0.05) is 13.1 Å². The number of hydrogen-bond donors (Lipinski definition) is 1. The lowest BCUT2D eigenvalue weighted by molar-refractivity contribution is 0.271. The molecule has 18 heavy (non-hydrogen) atoms. The molecule has 0 spiro atoms. The molecule has 0 radical (unpaired) electrons. The second-order valence-electron chi connectivity index (χ2n) is 4.92. The Balaban J connectivity index is 2.25. The molecule has 1 aromatic rings. The lowest BCUT2D eigenvalue weighted by atomic mass is 10.0. The molecule has 2 N–H and O–H groups in total. The first-order chi connectivity index (χ1) is 8.54. The Labute approximate surface area is 109 Å². The molecule has 1 aromatic carbocycles. The standard InChI is InChI=1S/C13H20N2O2S/c1-11-4-2-6-13(8-11)18(16,17)15-7-3-5-12(9-14)10-15/h2,4,6,8,12H,3,5,7,9-10,14H2,1H3. The van der Waals surface area contributed by atoms with Crippen LogP contribution in [0.25, 0.3) is 0 Å². The minimum atomic E-state index is -3.35. The normalized spacial score (nSPS) is 22.0. The highest BCUT2D eigenvalue weighted by Gasteiger charge is 2.29. The van der Waals surface area contributed by atoms with Crippen LogP contribution in [0.2, 0.25) is 0 Å². The van der Waals surface area contributed by atoms with E-state index in [1.54, 1.807) is 22.5 Å². The van der Waals surface area contributed by atoms with Gasteiger partial charge in [0.1, 0.15) is 0 Å². The maximum Gasteiger partial charge on any atom is 0.243 e. The van der Waals surface area contributed by atoms with Crippen LogP contribution in [0.5, 0.6) is 0 Å². The third kappa shape index (κ3) is 2.74. The summed E-state index contributed by atoms with van der Waals surface area (Å²) in [7, 11) is -3.35. The van der Waals surface area contributed by atoms with Gasteiger partial charge in [-0.3, -0.25) is 0 Å². The first kappa shape index (κ1) is 13.5. The largest absolute Gasteiger partial charge is 0.330 e. The molecule has 0 aliphatic carbocycles. The van der Waals surface area contributed by atoms with E-state index in [0.717, 1.165) is 18.4 Å². The molecule has 0 bridgehead atoms. The fourth-order valence-electron chi connectivity index (χ4n) is 2.36. The molecule has 0 amide bonds. The van der Waals surface area contributed by atoms with Crippen molar-refractivity contribution in [3.8, 4) is 0 Å². The first-order valence-corrected chi connectivity index (χ1v) is 7.75. The van der Waals surface area contributed by atoms with E-state index in [0.29, 0.717) is 30.4 Å². The van der Waals surface area contributed by atoms with Crippen molar-refractivity contribution in [2.24, 2.45) is 11.7 Å². The predicted molar refractivity (Wildman–Crippen MR) is 71.7 cm³/mol. The van der Waals surface area contributed by atoms with E-state index in [1.807, 2.05) is 13.0 Å². The highest BCUT2D eigenvalue weighted by atomic mass is 32.2. The van der Waals surface area contributed by atoms with Crippen molar-refractivity contribution >= 4 is 10.0 Å². The van der Waals surface area contributed by atoms with Crippen LogP contribution >= 0.6 is 0 Å². The summed E-state index contributed by atoms with van der Waals surface area (Å²) in [4.78, 5) is 0.389. The summed E-state index contributed by atoms with van der Waals surface area (Å²) in [6, 6.07) is 7.07. The van der Waals surface area contributed by atoms with Crippen LogP contribution in [-0.4, -0.2) is 32.4 Å². The number of nitrogens with two attached hydrogens (primary N) is 1. The summed E-state index contributed by atoms with van der Waals surface area (Å²) in [5.74, 6) is 0.290. The van der Waals surface area contributed by atoms with Gasteiger partial charge in [-0.1, -0.05) is 12.1 Å². The summed E-state index contributed by atoms with van der Waals surface area (Å²) >= 11 is 0. The van der Waals surface area contributed by atoms with Crippen LogP contribution in [0.15, 0.2) is 29.2 Å². The molecule has 0 aromatic heterocycles. The Kier molecular flexibility index (Phi) is 4.04. The highest BCUT2D eigenvalue weighted by molar-refractivity contribution is 7.89. The summed E-state index contributed by atoms with van der Waals surface area (Å²) in [6.45, 7) is 3.61. The van der Waals surface area contributed by atoms with Crippen molar-refractivity contribution in [2.75, 3.05) is 19.6 Å². The molecule has 1 unspecified atom stereocenters. The van der Waals surface area contributed by atoms with Gasteiger partial charge in [-0.05, 0) is 49.9 Å². The zero-order valence-corrected chi connectivity index (χ0v) is 11.5. The Morgan fingerprint density at radius 3 is 2.89 bits per heavy atom. The highest BCUT2D eigenvalue weighted by Crippen LogP contribution is 2.23. The Bertz CT molecular complexity index is 513. The Hall–Kier alpha value is -0.910. The van der Waals surface area contributed by atoms with Crippen LogP contribution < -0.4 is 5.73 Å². The minimum Gasteiger partial charge on any atom is -0.330 e. The molecule has 2 rings (SSSR count). The van der Waals surface area contributed by atoms with Gasteiger partial charge in [0.05, 0.1) is 4.90 Å². The lowest BCUT2D eigenvalue weighted by Gasteiger charge is -2.31. The van der Waals surface area contributed by atoms with Crippen molar-refractivity contribution in [2.45, 2.75) is 24.7 Å². The summed E-state index contributed by atoms with van der Waals surface area (Å²) < 4.78 is 26.5. The topological polar surface area (TPSA) is 63.4 Å². The van der Waals surface area contributed by atoms with Gasteiger partial charge in [0.15, 0.2) is 0 Å². The zero-order valence-electron chi connectivity index (χ0n) is 10.7. The van der Waals surface area contributed by atoms with Crippen molar-refractivity contribution in [3.63, 3.8) is 0 Å². The number of hydrogen-bond acceptors (Lipinski definition) is 3. The van der Waals surface area contributed by atoms with Crippen LogP contribution in [0.1, 0.15) is 18.4 Å². The van der Waals surface area contributed by atoms with Gasteiger partial charge >= 0.3 is 0 Å². The van der Waals surface area contributed by atoms with E-state index in [-0.39, 0.29) is 0 Å². The van der Waals surface area contributed by atoms with Gasteiger partial charge in [0.25, 0.3) is 0 Å². The minimum absolute atomic E-state index is 0.290. The molecule has 5 heteroatoms. The summed E-state index contributed by atoms with van der Waals surface area (Å²) in [5.41, 5.74) is 6.61. The second kappa shape index (κ2) is 5.38. The number of aryl methyl sites for hydroxylation is 1. The molecule has 1 saturated heterocycles. The van der Waals surface area contributed by atoms with Crippen molar-refractivity contribution in [1.29, 1.82) is 0 Å². The van der Waals surface area contributed by atoms with Crippen LogP contribution in [0, 0.1) is 12.8 Å². The van der Waals surface area contributed by atoms with Crippen LogP contribution in [-0.2, 0) is 10.0 Å². The maximum atomic E-state index is 12.5. The molecule has 0 saturated carbocycles. The smallest absolute Gasteiger partial charge is 0.243 e. The fourth-order valence-corrected chi connectivity index (χ4v) is 4.02. The number of rotatable bonds is 3. The van der Waals surface area contributed by atoms with Crippen molar-refractivity contribution in [3.05, 3.63) is 29.8 Å². The quantitative estimate of drug-likeness (QED) is 0.900. The number of piperidine rings is 1. The average molecular weight is 268 g/mol. The van der Waals surface area contributed by atoms with E-state index < -0.39 is 10.0 Å². The molecule has 1 atom stereocenters. The molecule has 1 aliphatic heterocycles. The van der Waals surface area contributed by atoms with Gasteiger partial charge in [-0.25, -0.2) is 8.42 Å². The maximum absolute atomic E-state index is 12.5. The van der Waals surface area contributed by atoms with Crippen molar-refractivity contribution < 1.29 is 8.42 Å². The molecule has 1 heterocycles. The van der Waals surface area contributed by atoms with E-state index in [4.69, 9.17) is 5.73 Å². The third-order valence-electron chi connectivity index (χ3n) is 3.44. The lowest BCUT2D eigenvalue weighted by Crippen LogP contribution is -2.41. The first-order valence-electron chi connectivity index (χ1n) is 6.31. The van der Waals surface area contributed by atoms with Crippen LogP contribution in [0.4, 0.5) is 0 Å². The molecule has 1 fully saturated rings. The van der Waals surface area contributed by atoms with Crippen molar-refractivity contribution in [1.82, 2.24) is 4.31 Å². The number of benzene rings is 1. The van der Waals surface area contributed by atoms with E-state index in [1.165, 1.54) is 0 Å². The monoisotopic (exact) mass is 268 g/mol. The van der Waals surface area contributed by atoms with Gasteiger partial charge in [-0.2, -0.15) is 4.31 Å². The summed E-state index contributed by atoms with van der Waals surface area (Å²) in [6.07, 6.45) is 1.92. The second-order valence-corrected chi connectivity index (χ2v) is 6.86. The molecule has 1 aliphatic rings. The SMILES string of the molecule is Cc1cccc(S(=O)(=O)N2CCCC(CN)C2)c1. The number of nitrogens with zero attached hydrogens (tertiary/aromatic N) is 1.